The third-order valence-electron chi connectivity index (χ3n) is 3.92. The number of aromatic nitrogens is 2. The van der Waals surface area contributed by atoms with Crippen molar-refractivity contribution in [2.75, 3.05) is 12.8 Å². The number of fused-ring (bicyclic) bond motifs is 1. The monoisotopic (exact) mass is 341 g/mol. The lowest BCUT2D eigenvalue weighted by molar-refractivity contribution is 0.0913. The number of amides is 1. The lowest BCUT2D eigenvalue weighted by Crippen LogP contribution is -2.29. The van der Waals surface area contributed by atoms with E-state index in [1.807, 2.05) is 66.2 Å². The Morgan fingerprint density at radius 3 is 2.79 bits per heavy atom. The molecule has 1 atom stereocenters. The fourth-order valence-electron chi connectivity index (χ4n) is 2.66. The van der Waals surface area contributed by atoms with Crippen LogP contribution >= 0.6 is 11.8 Å². The number of aliphatic hydroxyl groups is 1. The highest BCUT2D eigenvalue weighted by Gasteiger charge is 2.18. The molecular formula is C18H19N3O2S. The van der Waals surface area contributed by atoms with Crippen LogP contribution in [0.3, 0.4) is 0 Å². The zero-order chi connectivity index (χ0) is 17.1. The molecule has 0 fully saturated rings. The van der Waals surface area contributed by atoms with Crippen LogP contribution < -0.4 is 5.32 Å². The number of thioether (sulfide) groups is 1. The Morgan fingerprint density at radius 1 is 1.29 bits per heavy atom. The summed E-state index contributed by atoms with van der Waals surface area (Å²) in [4.78, 5) is 16.9. The van der Waals surface area contributed by atoms with Crippen molar-refractivity contribution in [1.29, 1.82) is 0 Å². The van der Waals surface area contributed by atoms with Crippen LogP contribution in [0.1, 0.15) is 27.7 Å². The Balaban J connectivity index is 1.77. The molecule has 2 aromatic heterocycles. The van der Waals surface area contributed by atoms with E-state index in [0.717, 1.165) is 21.8 Å². The van der Waals surface area contributed by atoms with Gasteiger partial charge in [-0.25, -0.2) is 4.98 Å². The zero-order valence-corrected chi connectivity index (χ0v) is 14.4. The van der Waals surface area contributed by atoms with E-state index >= 15 is 0 Å². The summed E-state index contributed by atoms with van der Waals surface area (Å²) < 4.78 is 1.89. The highest BCUT2D eigenvalue weighted by Crippen LogP contribution is 2.20. The second-order valence-electron chi connectivity index (χ2n) is 5.49. The average molecular weight is 341 g/mol. The van der Waals surface area contributed by atoms with Gasteiger partial charge in [-0.05, 0) is 36.4 Å². The normalized spacial score (nSPS) is 12.3. The Morgan fingerprint density at radius 2 is 2.04 bits per heavy atom. The lowest BCUT2D eigenvalue weighted by Gasteiger charge is -2.14. The molecule has 0 saturated carbocycles. The summed E-state index contributed by atoms with van der Waals surface area (Å²) in [5.74, 6) is -0.286. The van der Waals surface area contributed by atoms with Crippen LogP contribution in [0.15, 0.2) is 53.8 Å². The molecule has 24 heavy (non-hydrogen) atoms. The SMILES string of the molecule is CSc1nc(C(=O)NCC(O)c2ccccc2C)c2ccccn12. The molecule has 0 aliphatic heterocycles. The maximum absolute atomic E-state index is 12.5. The molecule has 0 aliphatic carbocycles. The average Bonchev–Trinajstić information content (AvgIpc) is 2.99. The van der Waals surface area contributed by atoms with Crippen LogP contribution in [0.2, 0.25) is 0 Å². The van der Waals surface area contributed by atoms with E-state index in [4.69, 9.17) is 0 Å². The Bertz CT molecular complexity index is 876. The first-order valence-corrected chi connectivity index (χ1v) is 8.87. The number of aryl methyl sites for hydroxylation is 1. The standard InChI is InChI=1S/C18H19N3O2S/c1-12-7-3-4-8-13(12)15(22)11-19-17(23)16-14-9-5-6-10-21(14)18(20-16)24-2/h3-10,15,22H,11H2,1-2H3,(H,19,23). The molecule has 3 rings (SSSR count). The van der Waals surface area contributed by atoms with Crippen molar-refractivity contribution >= 4 is 23.2 Å². The number of pyridine rings is 1. The van der Waals surface area contributed by atoms with Gasteiger partial charge >= 0.3 is 0 Å². The second-order valence-corrected chi connectivity index (χ2v) is 6.26. The molecule has 1 amide bonds. The molecule has 0 radical (unpaired) electrons. The summed E-state index contributed by atoms with van der Waals surface area (Å²) in [6, 6.07) is 13.2. The van der Waals surface area contributed by atoms with Gasteiger partial charge < -0.3 is 10.4 Å². The van der Waals surface area contributed by atoms with Gasteiger partial charge in [-0.1, -0.05) is 42.1 Å². The molecule has 124 valence electrons. The first kappa shape index (κ1) is 16.5. The van der Waals surface area contributed by atoms with E-state index in [1.165, 1.54) is 11.8 Å². The molecule has 0 aliphatic rings. The number of nitrogens with zero attached hydrogens (tertiary/aromatic N) is 2. The van der Waals surface area contributed by atoms with E-state index in [0.29, 0.717) is 5.69 Å². The summed E-state index contributed by atoms with van der Waals surface area (Å²) in [5.41, 5.74) is 2.94. The van der Waals surface area contributed by atoms with Crippen molar-refractivity contribution in [3.63, 3.8) is 0 Å². The third kappa shape index (κ3) is 3.16. The maximum Gasteiger partial charge on any atom is 0.272 e. The van der Waals surface area contributed by atoms with Gasteiger partial charge in [0, 0.05) is 12.7 Å². The first-order chi connectivity index (χ1) is 11.6. The Labute approximate surface area is 144 Å². The topological polar surface area (TPSA) is 66.6 Å². The van der Waals surface area contributed by atoms with Crippen LogP contribution in [0, 0.1) is 6.92 Å². The number of carbonyl (C=O) groups is 1. The van der Waals surface area contributed by atoms with Crippen molar-refractivity contribution < 1.29 is 9.90 Å². The molecular weight excluding hydrogens is 322 g/mol. The molecule has 0 saturated heterocycles. The molecule has 2 heterocycles. The molecule has 2 N–H and O–H groups in total. The van der Waals surface area contributed by atoms with Crippen molar-refractivity contribution in [2.45, 2.75) is 18.2 Å². The summed E-state index contributed by atoms with van der Waals surface area (Å²) in [5, 5.41) is 13.9. The van der Waals surface area contributed by atoms with Crippen LogP contribution in [0.25, 0.3) is 5.52 Å². The quantitative estimate of drug-likeness (QED) is 0.700. The summed E-state index contributed by atoms with van der Waals surface area (Å²) in [6.45, 7) is 2.08. The van der Waals surface area contributed by atoms with Crippen LogP contribution in [-0.4, -0.2) is 33.2 Å². The second kappa shape index (κ2) is 7.07. The lowest BCUT2D eigenvalue weighted by atomic mass is 10.0. The molecule has 0 bridgehead atoms. The number of aliphatic hydroxyl groups excluding tert-OH is 1. The number of imidazole rings is 1. The van der Waals surface area contributed by atoms with E-state index < -0.39 is 6.10 Å². The van der Waals surface area contributed by atoms with Gasteiger partial charge in [-0.15, -0.1) is 0 Å². The summed E-state index contributed by atoms with van der Waals surface area (Å²) >= 11 is 1.48. The number of hydrogen-bond donors (Lipinski definition) is 2. The van der Waals surface area contributed by atoms with Crippen LogP contribution in [0.5, 0.6) is 0 Å². The van der Waals surface area contributed by atoms with E-state index in [9.17, 15) is 9.90 Å². The number of hydrogen-bond acceptors (Lipinski definition) is 4. The van der Waals surface area contributed by atoms with Crippen molar-refractivity contribution in [3.8, 4) is 0 Å². The predicted molar refractivity (Wildman–Crippen MR) is 95.4 cm³/mol. The van der Waals surface area contributed by atoms with Crippen LogP contribution in [0.4, 0.5) is 0 Å². The molecule has 6 heteroatoms. The molecule has 3 aromatic rings. The van der Waals surface area contributed by atoms with Gasteiger partial charge in [0.05, 0.1) is 11.6 Å². The smallest absolute Gasteiger partial charge is 0.272 e. The molecule has 1 aromatic carbocycles. The van der Waals surface area contributed by atoms with E-state index in [-0.39, 0.29) is 12.5 Å². The first-order valence-electron chi connectivity index (χ1n) is 7.64. The highest BCUT2D eigenvalue weighted by molar-refractivity contribution is 7.98. The van der Waals surface area contributed by atoms with Gasteiger partial charge in [-0.2, -0.15) is 0 Å². The fraction of sp³-hybridized carbons (Fsp3) is 0.222. The molecule has 5 nitrogen and oxygen atoms in total. The van der Waals surface area contributed by atoms with E-state index in [1.54, 1.807) is 0 Å². The minimum atomic E-state index is -0.746. The van der Waals surface area contributed by atoms with Gasteiger partial charge in [0.2, 0.25) is 0 Å². The maximum atomic E-state index is 12.5. The zero-order valence-electron chi connectivity index (χ0n) is 13.6. The van der Waals surface area contributed by atoms with Gasteiger partial charge in [0.25, 0.3) is 5.91 Å². The largest absolute Gasteiger partial charge is 0.387 e. The highest BCUT2D eigenvalue weighted by atomic mass is 32.2. The minimum absolute atomic E-state index is 0.143. The number of benzene rings is 1. The van der Waals surface area contributed by atoms with Gasteiger partial charge in [0.15, 0.2) is 10.9 Å². The number of carbonyl (C=O) groups excluding carboxylic acids is 1. The fourth-order valence-corrected chi connectivity index (χ4v) is 3.20. The minimum Gasteiger partial charge on any atom is -0.387 e. The van der Waals surface area contributed by atoms with Gasteiger partial charge in [-0.3, -0.25) is 9.20 Å². The Kier molecular flexibility index (Phi) is 4.87. The Hall–Kier alpha value is -2.31. The van der Waals surface area contributed by atoms with E-state index in [2.05, 4.69) is 10.3 Å². The van der Waals surface area contributed by atoms with Gasteiger partial charge in [0.1, 0.15) is 0 Å². The summed E-state index contributed by atoms with van der Waals surface area (Å²) in [7, 11) is 0. The third-order valence-corrected chi connectivity index (χ3v) is 4.57. The molecule has 1 unspecified atom stereocenters. The number of nitrogens with one attached hydrogen (secondary N) is 1. The van der Waals surface area contributed by atoms with Crippen molar-refractivity contribution in [3.05, 3.63) is 65.5 Å². The summed E-state index contributed by atoms with van der Waals surface area (Å²) in [6.07, 6.45) is 3.06. The van der Waals surface area contributed by atoms with Crippen LogP contribution in [-0.2, 0) is 0 Å². The van der Waals surface area contributed by atoms with Crippen molar-refractivity contribution in [1.82, 2.24) is 14.7 Å². The predicted octanol–water partition coefficient (Wildman–Crippen LogP) is 2.83. The number of rotatable bonds is 5. The molecule has 0 spiro atoms. The van der Waals surface area contributed by atoms with Crippen molar-refractivity contribution in [2.24, 2.45) is 0 Å².